The third-order valence-electron chi connectivity index (χ3n) is 5.13. The highest BCUT2D eigenvalue weighted by Crippen LogP contribution is 2.13. The van der Waals surface area contributed by atoms with E-state index in [4.69, 9.17) is 53.1 Å². The molecule has 0 aliphatic carbocycles. The van der Waals surface area contributed by atoms with Crippen LogP contribution in [0.25, 0.3) is 0 Å². The monoisotopic (exact) mass is 496 g/mol. The van der Waals surface area contributed by atoms with E-state index in [1.807, 2.05) is 11.9 Å². The zero-order valence-electron chi connectivity index (χ0n) is 20.6. The molecule has 0 spiro atoms. The van der Waals surface area contributed by atoms with Crippen LogP contribution < -0.4 is 5.73 Å². The molecule has 34 heavy (non-hydrogen) atoms. The number of hydrogen-bond acceptors (Lipinski definition) is 12. The first-order valence-electron chi connectivity index (χ1n) is 12.1. The van der Waals surface area contributed by atoms with Gasteiger partial charge in [0.05, 0.1) is 118 Å². The molecule has 12 nitrogen and oxygen atoms in total. The lowest BCUT2D eigenvalue weighted by Crippen LogP contribution is -2.62. The van der Waals surface area contributed by atoms with E-state index in [9.17, 15) is 0 Å². The lowest BCUT2D eigenvalue weighted by atomic mass is 10.3. The van der Waals surface area contributed by atoms with Crippen molar-refractivity contribution < 1.29 is 47.4 Å². The van der Waals surface area contributed by atoms with Crippen molar-refractivity contribution in [1.29, 1.82) is 0 Å². The SMILES string of the molecule is CN(CC1COCCOCCOCCOCCO1)C1(N)COCCOCCOCCOCCO1. The number of likely N-dealkylation sites (N-methyl/N-ethyl adjacent to an activating group) is 1. The molecule has 0 saturated carbocycles. The average Bonchev–Trinajstić information content (AvgIpc) is 2.85. The highest BCUT2D eigenvalue weighted by atomic mass is 16.6. The molecular formula is C22H44N2O10. The number of hydrogen-bond donors (Lipinski definition) is 1. The first-order valence-corrected chi connectivity index (χ1v) is 12.1. The first-order chi connectivity index (χ1) is 16.7. The maximum absolute atomic E-state index is 6.63. The molecule has 0 aromatic heterocycles. The Morgan fingerprint density at radius 3 is 1.53 bits per heavy atom. The number of ether oxygens (including phenoxy) is 10. The van der Waals surface area contributed by atoms with Crippen LogP contribution in [0.3, 0.4) is 0 Å². The molecule has 0 aromatic carbocycles. The Balaban J connectivity index is 1.88. The van der Waals surface area contributed by atoms with Crippen molar-refractivity contribution in [2.24, 2.45) is 5.73 Å². The average molecular weight is 497 g/mol. The predicted octanol–water partition coefficient (Wildman–Crippen LogP) is -0.907. The van der Waals surface area contributed by atoms with Crippen molar-refractivity contribution >= 4 is 0 Å². The van der Waals surface area contributed by atoms with E-state index in [0.29, 0.717) is 119 Å². The second kappa shape index (κ2) is 19.7. The minimum absolute atomic E-state index is 0.161. The fourth-order valence-corrected chi connectivity index (χ4v) is 3.18. The Labute approximate surface area is 203 Å². The van der Waals surface area contributed by atoms with Gasteiger partial charge in [0.15, 0.2) is 5.85 Å². The molecule has 2 atom stereocenters. The minimum atomic E-state index is -1.17. The fraction of sp³-hybridized carbons (Fsp3) is 1.00. The van der Waals surface area contributed by atoms with Gasteiger partial charge in [-0.25, -0.2) is 0 Å². The number of nitrogens with two attached hydrogens (primary N) is 1. The van der Waals surface area contributed by atoms with Crippen molar-refractivity contribution in [3.05, 3.63) is 0 Å². The molecule has 202 valence electrons. The molecule has 0 radical (unpaired) electrons. The quantitative estimate of drug-likeness (QED) is 0.487. The zero-order chi connectivity index (χ0) is 24.2. The van der Waals surface area contributed by atoms with E-state index < -0.39 is 5.85 Å². The molecule has 2 rings (SSSR count). The van der Waals surface area contributed by atoms with Gasteiger partial charge >= 0.3 is 0 Å². The molecule has 0 aromatic rings. The van der Waals surface area contributed by atoms with Gasteiger partial charge in [-0.2, -0.15) is 0 Å². The van der Waals surface area contributed by atoms with E-state index in [0.717, 1.165) is 0 Å². The van der Waals surface area contributed by atoms with E-state index in [1.165, 1.54) is 0 Å². The molecule has 0 bridgehead atoms. The van der Waals surface area contributed by atoms with Crippen LogP contribution in [0.1, 0.15) is 0 Å². The van der Waals surface area contributed by atoms with Crippen LogP contribution in [0.4, 0.5) is 0 Å². The molecule has 2 saturated heterocycles. The molecule has 2 unspecified atom stereocenters. The summed E-state index contributed by atoms with van der Waals surface area (Å²) in [4.78, 5) is 1.88. The van der Waals surface area contributed by atoms with Crippen LogP contribution in [0.5, 0.6) is 0 Å². The third-order valence-corrected chi connectivity index (χ3v) is 5.13. The lowest BCUT2D eigenvalue weighted by molar-refractivity contribution is -0.197. The summed E-state index contributed by atoms with van der Waals surface area (Å²) in [6, 6.07) is 0. The Morgan fingerprint density at radius 1 is 0.588 bits per heavy atom. The van der Waals surface area contributed by atoms with Crippen LogP contribution in [-0.4, -0.2) is 149 Å². The second-order valence-corrected chi connectivity index (χ2v) is 7.87. The zero-order valence-corrected chi connectivity index (χ0v) is 20.6. The van der Waals surface area contributed by atoms with Crippen LogP contribution in [-0.2, 0) is 47.4 Å². The van der Waals surface area contributed by atoms with Crippen molar-refractivity contribution in [1.82, 2.24) is 4.90 Å². The molecule has 2 fully saturated rings. The van der Waals surface area contributed by atoms with E-state index in [2.05, 4.69) is 0 Å². The van der Waals surface area contributed by atoms with Gasteiger partial charge in [-0.15, -0.1) is 0 Å². The molecule has 0 amide bonds. The second-order valence-electron chi connectivity index (χ2n) is 7.87. The molecule has 12 heteroatoms. The topological polar surface area (TPSA) is 122 Å². The largest absolute Gasteiger partial charge is 0.377 e. The Hall–Kier alpha value is -0.480. The minimum Gasteiger partial charge on any atom is -0.377 e. The fourth-order valence-electron chi connectivity index (χ4n) is 3.18. The maximum atomic E-state index is 6.63. The Bertz CT molecular complexity index is 445. The van der Waals surface area contributed by atoms with Crippen molar-refractivity contribution in [2.75, 3.05) is 133 Å². The van der Waals surface area contributed by atoms with Gasteiger partial charge in [0, 0.05) is 6.54 Å². The molecule has 2 heterocycles. The molecular weight excluding hydrogens is 452 g/mol. The summed E-state index contributed by atoms with van der Waals surface area (Å²) in [5.74, 6) is -1.17. The number of nitrogens with zero attached hydrogens (tertiary/aromatic N) is 1. The third kappa shape index (κ3) is 14.2. The van der Waals surface area contributed by atoms with Crippen LogP contribution >= 0.6 is 0 Å². The summed E-state index contributed by atoms with van der Waals surface area (Å²) in [5, 5.41) is 0. The standard InChI is InChI=1S/C22H44N2O10/c1-24(18-21-19-31-12-10-27-4-2-25-6-8-29-14-16-33-21)22(23)20-32-13-11-28-5-3-26-7-9-30-15-17-34-22/h21H,2-20,23H2,1H3. The lowest BCUT2D eigenvalue weighted by Gasteiger charge is -2.39. The summed E-state index contributed by atoms with van der Waals surface area (Å²) >= 11 is 0. The van der Waals surface area contributed by atoms with Gasteiger partial charge in [0.1, 0.15) is 6.61 Å². The van der Waals surface area contributed by atoms with Crippen LogP contribution in [0, 0.1) is 0 Å². The smallest absolute Gasteiger partial charge is 0.198 e. The Kier molecular flexibility index (Phi) is 17.2. The van der Waals surface area contributed by atoms with Crippen LogP contribution in [0.2, 0.25) is 0 Å². The van der Waals surface area contributed by atoms with Crippen molar-refractivity contribution in [3.63, 3.8) is 0 Å². The van der Waals surface area contributed by atoms with Gasteiger partial charge in [-0.3, -0.25) is 10.6 Å². The highest BCUT2D eigenvalue weighted by molar-refractivity contribution is 4.76. The molecule has 2 aliphatic rings. The van der Waals surface area contributed by atoms with Crippen LogP contribution in [0.15, 0.2) is 0 Å². The Morgan fingerprint density at radius 2 is 1.00 bits per heavy atom. The van der Waals surface area contributed by atoms with Gasteiger partial charge in [-0.1, -0.05) is 0 Å². The van der Waals surface area contributed by atoms with E-state index >= 15 is 0 Å². The van der Waals surface area contributed by atoms with E-state index in [1.54, 1.807) is 0 Å². The van der Waals surface area contributed by atoms with Crippen molar-refractivity contribution in [2.45, 2.75) is 12.0 Å². The summed E-state index contributed by atoms with van der Waals surface area (Å²) in [6.45, 7) is 8.58. The summed E-state index contributed by atoms with van der Waals surface area (Å²) in [6.07, 6.45) is -0.243. The summed E-state index contributed by atoms with van der Waals surface area (Å²) in [7, 11) is 1.87. The maximum Gasteiger partial charge on any atom is 0.198 e. The van der Waals surface area contributed by atoms with Gasteiger partial charge < -0.3 is 47.4 Å². The van der Waals surface area contributed by atoms with E-state index in [-0.39, 0.29) is 12.7 Å². The normalized spacial score (nSPS) is 29.9. The molecule has 2 aliphatic heterocycles. The van der Waals surface area contributed by atoms with Gasteiger partial charge in [0.25, 0.3) is 0 Å². The predicted molar refractivity (Wildman–Crippen MR) is 122 cm³/mol. The summed E-state index contributed by atoms with van der Waals surface area (Å²) < 4.78 is 56.5. The molecule has 2 N–H and O–H groups in total. The highest BCUT2D eigenvalue weighted by Gasteiger charge is 2.33. The van der Waals surface area contributed by atoms with Gasteiger partial charge in [-0.05, 0) is 7.05 Å². The first kappa shape index (κ1) is 29.7. The summed E-state index contributed by atoms with van der Waals surface area (Å²) in [5.41, 5.74) is 6.63. The van der Waals surface area contributed by atoms with Crippen molar-refractivity contribution in [3.8, 4) is 0 Å². The van der Waals surface area contributed by atoms with Gasteiger partial charge in [0.2, 0.25) is 0 Å². The number of rotatable bonds is 3.